The van der Waals surface area contributed by atoms with Crippen molar-refractivity contribution in [1.82, 2.24) is 15.1 Å². The molecule has 0 saturated heterocycles. The minimum atomic E-state index is -0.255. The maximum Gasteiger partial charge on any atom is 0.256 e. The molecule has 0 aliphatic heterocycles. The molecule has 1 amide bonds. The van der Waals surface area contributed by atoms with Crippen LogP contribution in [-0.4, -0.2) is 28.1 Å². The molecule has 0 aliphatic carbocycles. The van der Waals surface area contributed by atoms with Crippen LogP contribution >= 0.6 is 15.9 Å². The van der Waals surface area contributed by atoms with Crippen molar-refractivity contribution in [3.05, 3.63) is 88.5 Å². The fourth-order valence-electron chi connectivity index (χ4n) is 2.89. The van der Waals surface area contributed by atoms with Gasteiger partial charge in [0.25, 0.3) is 5.91 Å². The van der Waals surface area contributed by atoms with Gasteiger partial charge in [0, 0.05) is 28.1 Å². The van der Waals surface area contributed by atoms with Gasteiger partial charge in [-0.3, -0.25) is 9.78 Å². The van der Waals surface area contributed by atoms with Gasteiger partial charge in [-0.1, -0.05) is 23.4 Å². The third kappa shape index (κ3) is 4.38. The summed E-state index contributed by atoms with van der Waals surface area (Å²) in [4.78, 5) is 21.3. The number of nitrogens with one attached hydrogen (secondary N) is 1. The van der Waals surface area contributed by atoms with Crippen molar-refractivity contribution in [3.63, 3.8) is 0 Å². The molecule has 30 heavy (non-hydrogen) atoms. The zero-order valence-corrected chi connectivity index (χ0v) is 17.6. The zero-order chi connectivity index (χ0) is 20.9. The van der Waals surface area contributed by atoms with Gasteiger partial charge in [0.1, 0.15) is 5.75 Å². The molecular weight excluding hydrogens is 448 g/mol. The van der Waals surface area contributed by atoms with Gasteiger partial charge in [-0.25, -0.2) is 0 Å². The van der Waals surface area contributed by atoms with E-state index in [1.54, 1.807) is 37.7 Å². The number of amides is 1. The first-order chi connectivity index (χ1) is 14.6. The molecule has 7 nitrogen and oxygen atoms in total. The molecule has 4 rings (SSSR count). The number of rotatable bonds is 6. The lowest BCUT2D eigenvalue weighted by Crippen LogP contribution is -2.14. The molecule has 2 heterocycles. The maximum atomic E-state index is 12.8. The first-order valence-electron chi connectivity index (χ1n) is 9.10. The predicted molar refractivity (Wildman–Crippen MR) is 115 cm³/mol. The molecule has 0 radical (unpaired) electrons. The lowest BCUT2D eigenvalue weighted by atomic mass is 10.1. The Morgan fingerprint density at radius 2 is 2.03 bits per heavy atom. The molecule has 0 atom stereocenters. The van der Waals surface area contributed by atoms with Gasteiger partial charge in [-0.2, -0.15) is 4.98 Å². The fourth-order valence-corrected chi connectivity index (χ4v) is 3.32. The van der Waals surface area contributed by atoms with E-state index in [1.807, 2.05) is 36.4 Å². The number of carbonyl (C=O) groups is 1. The van der Waals surface area contributed by atoms with Gasteiger partial charge in [0.2, 0.25) is 11.7 Å². The minimum Gasteiger partial charge on any atom is -0.497 e. The van der Waals surface area contributed by atoms with Crippen molar-refractivity contribution in [1.29, 1.82) is 0 Å². The van der Waals surface area contributed by atoms with Gasteiger partial charge in [-0.15, -0.1) is 0 Å². The monoisotopic (exact) mass is 464 g/mol. The minimum absolute atomic E-state index is 0.255. The number of halogens is 1. The number of anilines is 1. The third-order valence-corrected chi connectivity index (χ3v) is 5.10. The Hall–Kier alpha value is -3.52. The number of aromatic nitrogens is 3. The second kappa shape index (κ2) is 8.87. The van der Waals surface area contributed by atoms with E-state index >= 15 is 0 Å². The Labute approximate surface area is 181 Å². The summed E-state index contributed by atoms with van der Waals surface area (Å²) in [6.45, 7) is 0. The molecule has 150 valence electrons. The van der Waals surface area contributed by atoms with Crippen molar-refractivity contribution in [3.8, 4) is 17.1 Å². The van der Waals surface area contributed by atoms with E-state index in [1.165, 1.54) is 0 Å². The SMILES string of the molecule is COc1ccc(Br)c(C(=O)Nc2ccccc2Cc2nc(-c3cccnc3)no2)c1. The molecule has 0 spiro atoms. The smallest absolute Gasteiger partial charge is 0.256 e. The van der Waals surface area contributed by atoms with Crippen LogP contribution in [-0.2, 0) is 6.42 Å². The van der Waals surface area contributed by atoms with Gasteiger partial charge in [0.15, 0.2) is 0 Å². The molecule has 2 aromatic carbocycles. The highest BCUT2D eigenvalue weighted by Gasteiger charge is 2.15. The first kappa shape index (κ1) is 19.8. The number of methoxy groups -OCH3 is 1. The second-order valence-corrected chi connectivity index (χ2v) is 7.24. The number of nitrogens with zero attached hydrogens (tertiary/aromatic N) is 3. The Kier molecular flexibility index (Phi) is 5.85. The van der Waals surface area contributed by atoms with E-state index in [0.717, 1.165) is 11.1 Å². The summed E-state index contributed by atoms with van der Waals surface area (Å²) >= 11 is 3.42. The topological polar surface area (TPSA) is 90.1 Å². The normalized spacial score (nSPS) is 10.6. The van der Waals surface area contributed by atoms with Crippen LogP contribution in [0, 0.1) is 0 Å². The van der Waals surface area contributed by atoms with Crippen LogP contribution in [0.4, 0.5) is 5.69 Å². The van der Waals surface area contributed by atoms with Crippen molar-refractivity contribution in [2.75, 3.05) is 12.4 Å². The van der Waals surface area contributed by atoms with Gasteiger partial charge >= 0.3 is 0 Å². The van der Waals surface area contributed by atoms with Crippen molar-refractivity contribution in [2.45, 2.75) is 6.42 Å². The molecule has 0 bridgehead atoms. The average Bonchev–Trinajstić information content (AvgIpc) is 3.24. The molecule has 8 heteroatoms. The summed E-state index contributed by atoms with van der Waals surface area (Å²) in [6.07, 6.45) is 3.74. The Morgan fingerprint density at radius 3 is 2.83 bits per heavy atom. The number of para-hydroxylation sites is 1. The van der Waals surface area contributed by atoms with Crippen molar-refractivity contribution in [2.24, 2.45) is 0 Å². The van der Waals surface area contributed by atoms with E-state index in [2.05, 4.69) is 36.4 Å². The van der Waals surface area contributed by atoms with Crippen LogP contribution in [0.2, 0.25) is 0 Å². The van der Waals surface area contributed by atoms with Crippen molar-refractivity contribution >= 4 is 27.5 Å². The van der Waals surface area contributed by atoms with Crippen molar-refractivity contribution < 1.29 is 14.1 Å². The molecule has 0 unspecified atom stereocenters. The van der Waals surface area contributed by atoms with Crippen LogP contribution in [0.5, 0.6) is 5.75 Å². The summed E-state index contributed by atoms with van der Waals surface area (Å²) in [5, 5.41) is 6.97. The highest BCUT2D eigenvalue weighted by Crippen LogP contribution is 2.25. The molecule has 0 fully saturated rings. The van der Waals surface area contributed by atoms with Crippen LogP contribution in [0.3, 0.4) is 0 Å². The molecule has 0 aliphatic rings. The maximum absolute atomic E-state index is 12.8. The number of ether oxygens (including phenoxy) is 1. The zero-order valence-electron chi connectivity index (χ0n) is 16.0. The standard InChI is InChI=1S/C22H17BrN4O3/c1-29-16-8-9-18(23)17(12-16)22(28)25-19-7-3-2-5-14(19)11-20-26-21(27-30-20)15-6-4-10-24-13-15/h2-10,12-13H,11H2,1H3,(H,25,28). The highest BCUT2D eigenvalue weighted by atomic mass is 79.9. The molecule has 1 N–H and O–H groups in total. The lowest BCUT2D eigenvalue weighted by Gasteiger charge is -2.11. The summed E-state index contributed by atoms with van der Waals surface area (Å²) in [5.74, 6) is 1.26. The number of carbonyl (C=O) groups excluding carboxylic acids is 1. The van der Waals surface area contributed by atoms with E-state index in [9.17, 15) is 4.79 Å². The van der Waals surface area contributed by atoms with Gasteiger partial charge in [0.05, 0.1) is 19.1 Å². The molecule has 4 aromatic rings. The van der Waals surface area contributed by atoms with Gasteiger partial charge in [-0.05, 0) is 57.9 Å². The Morgan fingerprint density at radius 1 is 1.17 bits per heavy atom. The predicted octanol–water partition coefficient (Wildman–Crippen LogP) is 4.75. The number of hydrogen-bond acceptors (Lipinski definition) is 6. The fraction of sp³-hybridized carbons (Fsp3) is 0.0909. The highest BCUT2D eigenvalue weighted by molar-refractivity contribution is 9.10. The summed E-state index contributed by atoms with van der Waals surface area (Å²) in [6, 6.07) is 16.4. The van der Waals surface area contributed by atoms with E-state index in [-0.39, 0.29) is 5.91 Å². The van der Waals surface area contributed by atoms with E-state index in [0.29, 0.717) is 39.6 Å². The Bertz CT molecular complexity index is 1180. The summed E-state index contributed by atoms with van der Waals surface area (Å²) < 4.78 is 11.3. The van der Waals surface area contributed by atoms with E-state index in [4.69, 9.17) is 9.26 Å². The molecular formula is C22H17BrN4O3. The van der Waals surface area contributed by atoms with Crippen LogP contribution in [0.15, 0.2) is 76.0 Å². The average molecular weight is 465 g/mol. The number of hydrogen-bond donors (Lipinski definition) is 1. The van der Waals surface area contributed by atoms with Crippen LogP contribution < -0.4 is 10.1 Å². The van der Waals surface area contributed by atoms with Gasteiger partial charge < -0.3 is 14.6 Å². The Balaban J connectivity index is 1.55. The lowest BCUT2D eigenvalue weighted by molar-refractivity contribution is 0.102. The summed E-state index contributed by atoms with van der Waals surface area (Å²) in [5.41, 5.74) is 2.77. The molecule has 2 aromatic heterocycles. The largest absolute Gasteiger partial charge is 0.497 e. The van der Waals surface area contributed by atoms with Crippen LogP contribution in [0.1, 0.15) is 21.8 Å². The van der Waals surface area contributed by atoms with Crippen LogP contribution in [0.25, 0.3) is 11.4 Å². The molecule has 0 saturated carbocycles. The first-order valence-corrected chi connectivity index (χ1v) is 9.89. The number of pyridine rings is 1. The summed E-state index contributed by atoms with van der Waals surface area (Å²) in [7, 11) is 1.56. The quantitative estimate of drug-likeness (QED) is 0.442. The number of benzene rings is 2. The third-order valence-electron chi connectivity index (χ3n) is 4.41. The van der Waals surface area contributed by atoms with E-state index < -0.39 is 0 Å². The second-order valence-electron chi connectivity index (χ2n) is 6.39.